The molecule has 1 unspecified atom stereocenters. The Kier molecular flexibility index (Phi) is 7.76. The number of nitrogens with zero attached hydrogens (tertiary/aromatic N) is 2. The Bertz CT molecular complexity index is 1040. The van der Waals surface area contributed by atoms with Crippen molar-refractivity contribution in [3.05, 3.63) is 64.7 Å². The molecule has 0 spiro atoms. The maximum Gasteiger partial charge on any atom is 0.295 e. The summed E-state index contributed by atoms with van der Waals surface area (Å²) >= 11 is 0. The SMILES string of the molecule is CCc1ccc(C2/C(=C(\O)c3cc(OC)ccc3OC)C(=O)C(=O)N2CCCN(C)C)cc1. The molecular weight excluding hydrogens is 420 g/mol. The highest BCUT2D eigenvalue weighted by Gasteiger charge is 2.46. The van der Waals surface area contributed by atoms with Gasteiger partial charge in [0.15, 0.2) is 0 Å². The van der Waals surface area contributed by atoms with E-state index in [-0.39, 0.29) is 11.3 Å². The molecule has 2 aromatic carbocycles. The van der Waals surface area contributed by atoms with Gasteiger partial charge in [0.05, 0.1) is 31.4 Å². The second kappa shape index (κ2) is 10.5. The van der Waals surface area contributed by atoms with E-state index in [4.69, 9.17) is 9.47 Å². The quantitative estimate of drug-likeness (QED) is 0.356. The van der Waals surface area contributed by atoms with E-state index in [0.29, 0.717) is 30.0 Å². The highest BCUT2D eigenvalue weighted by Crippen LogP contribution is 2.41. The fourth-order valence-electron chi connectivity index (χ4n) is 4.09. The molecule has 2 aromatic rings. The van der Waals surface area contributed by atoms with Gasteiger partial charge in [0.1, 0.15) is 17.3 Å². The summed E-state index contributed by atoms with van der Waals surface area (Å²) in [5.41, 5.74) is 2.29. The van der Waals surface area contributed by atoms with Gasteiger partial charge in [-0.05, 0) is 62.8 Å². The van der Waals surface area contributed by atoms with Gasteiger partial charge in [0.2, 0.25) is 0 Å². The van der Waals surface area contributed by atoms with Crippen LogP contribution >= 0.6 is 0 Å². The normalized spacial score (nSPS) is 17.6. The van der Waals surface area contributed by atoms with Crippen LogP contribution in [0.3, 0.4) is 0 Å². The Labute approximate surface area is 195 Å². The van der Waals surface area contributed by atoms with Crippen LogP contribution in [0.5, 0.6) is 11.5 Å². The molecule has 33 heavy (non-hydrogen) atoms. The lowest BCUT2D eigenvalue weighted by Crippen LogP contribution is -2.32. The highest BCUT2D eigenvalue weighted by molar-refractivity contribution is 6.46. The number of rotatable bonds is 9. The van der Waals surface area contributed by atoms with Crippen molar-refractivity contribution in [1.82, 2.24) is 9.80 Å². The summed E-state index contributed by atoms with van der Waals surface area (Å²) in [7, 11) is 6.93. The van der Waals surface area contributed by atoms with E-state index in [1.54, 1.807) is 23.1 Å². The number of ether oxygens (including phenoxy) is 2. The smallest absolute Gasteiger partial charge is 0.295 e. The number of hydrogen-bond acceptors (Lipinski definition) is 6. The van der Waals surface area contributed by atoms with Crippen LogP contribution < -0.4 is 9.47 Å². The number of amides is 1. The van der Waals surface area contributed by atoms with Crippen LogP contribution in [-0.2, 0) is 16.0 Å². The molecule has 1 saturated heterocycles. The van der Waals surface area contributed by atoms with E-state index in [1.165, 1.54) is 14.2 Å². The van der Waals surface area contributed by atoms with E-state index in [9.17, 15) is 14.7 Å². The lowest BCUT2D eigenvalue weighted by molar-refractivity contribution is -0.139. The molecule has 7 heteroatoms. The first-order valence-corrected chi connectivity index (χ1v) is 11.1. The molecule has 1 N–H and O–H groups in total. The molecule has 176 valence electrons. The van der Waals surface area contributed by atoms with Gasteiger partial charge in [0, 0.05) is 6.54 Å². The van der Waals surface area contributed by atoms with Gasteiger partial charge in [-0.15, -0.1) is 0 Å². The Balaban J connectivity index is 2.16. The van der Waals surface area contributed by atoms with Crippen molar-refractivity contribution in [2.24, 2.45) is 0 Å². The second-order valence-electron chi connectivity index (χ2n) is 8.31. The van der Waals surface area contributed by atoms with E-state index < -0.39 is 17.7 Å². The van der Waals surface area contributed by atoms with Crippen molar-refractivity contribution in [3.8, 4) is 11.5 Å². The van der Waals surface area contributed by atoms with Crippen LogP contribution in [0.4, 0.5) is 0 Å². The Hall–Kier alpha value is -3.32. The van der Waals surface area contributed by atoms with E-state index in [2.05, 4.69) is 6.92 Å². The Morgan fingerprint density at radius 1 is 1.06 bits per heavy atom. The van der Waals surface area contributed by atoms with Gasteiger partial charge in [-0.2, -0.15) is 0 Å². The van der Waals surface area contributed by atoms with E-state index in [1.807, 2.05) is 43.3 Å². The van der Waals surface area contributed by atoms with Gasteiger partial charge in [-0.3, -0.25) is 9.59 Å². The van der Waals surface area contributed by atoms with Gasteiger partial charge >= 0.3 is 0 Å². The monoisotopic (exact) mass is 452 g/mol. The topological polar surface area (TPSA) is 79.3 Å². The predicted octanol–water partition coefficient (Wildman–Crippen LogP) is 3.64. The van der Waals surface area contributed by atoms with E-state index >= 15 is 0 Å². The minimum absolute atomic E-state index is 0.0562. The third kappa shape index (κ3) is 5.03. The van der Waals surface area contributed by atoms with Gasteiger partial charge in [-0.25, -0.2) is 0 Å². The molecule has 0 aromatic heterocycles. The lowest BCUT2D eigenvalue weighted by Gasteiger charge is -2.26. The third-order valence-electron chi connectivity index (χ3n) is 5.91. The Morgan fingerprint density at radius 3 is 2.33 bits per heavy atom. The Morgan fingerprint density at radius 2 is 1.76 bits per heavy atom. The summed E-state index contributed by atoms with van der Waals surface area (Å²) in [6.07, 6.45) is 1.58. The maximum atomic E-state index is 13.2. The molecular formula is C26H32N2O5. The standard InChI is InChI=1S/C26H32N2O5/c1-6-17-8-10-18(11-9-17)23-22(25(30)26(31)28(23)15-7-14-27(2)3)24(29)20-16-19(32-4)12-13-21(20)33-5/h8-13,16,23,29H,6-7,14-15H2,1-5H3/b24-22+. The molecule has 0 aliphatic carbocycles. The van der Waals surface area contributed by atoms with Crippen molar-refractivity contribution in [2.75, 3.05) is 41.4 Å². The summed E-state index contributed by atoms with van der Waals surface area (Å²) in [5.74, 6) is -0.703. The molecule has 3 rings (SSSR count). The fraction of sp³-hybridized carbons (Fsp3) is 0.385. The number of ketones is 1. The van der Waals surface area contributed by atoms with Crippen molar-refractivity contribution in [2.45, 2.75) is 25.8 Å². The number of aryl methyl sites for hydroxylation is 1. The number of benzene rings is 2. The molecule has 1 amide bonds. The van der Waals surface area contributed by atoms with Crippen LogP contribution in [-0.4, -0.2) is 68.0 Å². The molecule has 7 nitrogen and oxygen atoms in total. The van der Waals surface area contributed by atoms with Crippen molar-refractivity contribution < 1.29 is 24.2 Å². The zero-order valence-corrected chi connectivity index (χ0v) is 19.9. The second-order valence-corrected chi connectivity index (χ2v) is 8.31. The number of carbonyl (C=O) groups is 2. The first-order valence-electron chi connectivity index (χ1n) is 11.1. The maximum absolute atomic E-state index is 13.2. The first-order chi connectivity index (χ1) is 15.8. The average molecular weight is 453 g/mol. The van der Waals surface area contributed by atoms with Gasteiger partial charge in [0.25, 0.3) is 11.7 Å². The molecule has 0 radical (unpaired) electrons. The first kappa shape index (κ1) is 24.3. The number of carbonyl (C=O) groups excluding carboxylic acids is 2. The summed E-state index contributed by atoms with van der Waals surface area (Å²) in [6, 6.07) is 12.1. The summed E-state index contributed by atoms with van der Waals surface area (Å²) < 4.78 is 10.7. The molecule has 1 aliphatic rings. The minimum atomic E-state index is -0.702. The van der Waals surface area contributed by atoms with Crippen LogP contribution in [0, 0.1) is 0 Å². The minimum Gasteiger partial charge on any atom is -0.507 e. The molecule has 1 heterocycles. The number of likely N-dealkylation sites (tertiary alicyclic amines) is 1. The van der Waals surface area contributed by atoms with Crippen LogP contribution in [0.1, 0.15) is 36.1 Å². The zero-order chi connectivity index (χ0) is 24.1. The number of hydrogen-bond donors (Lipinski definition) is 1. The number of aliphatic hydroxyl groups is 1. The summed E-state index contributed by atoms with van der Waals surface area (Å²) in [6.45, 7) is 3.24. The summed E-state index contributed by atoms with van der Waals surface area (Å²) in [5, 5.41) is 11.3. The largest absolute Gasteiger partial charge is 0.507 e. The van der Waals surface area contributed by atoms with Gasteiger partial charge in [-0.1, -0.05) is 31.2 Å². The number of methoxy groups -OCH3 is 2. The van der Waals surface area contributed by atoms with Crippen LogP contribution in [0.2, 0.25) is 0 Å². The number of Topliss-reactive ketones (excluding diaryl/α,β-unsaturated/α-hetero) is 1. The van der Waals surface area contributed by atoms with E-state index in [0.717, 1.165) is 24.1 Å². The van der Waals surface area contributed by atoms with Gasteiger partial charge < -0.3 is 24.4 Å². The van der Waals surface area contributed by atoms with Crippen molar-refractivity contribution in [1.29, 1.82) is 0 Å². The fourth-order valence-corrected chi connectivity index (χ4v) is 4.09. The van der Waals surface area contributed by atoms with Crippen molar-refractivity contribution >= 4 is 17.4 Å². The molecule has 1 atom stereocenters. The zero-order valence-electron chi connectivity index (χ0n) is 19.9. The molecule has 1 fully saturated rings. The molecule has 0 bridgehead atoms. The predicted molar refractivity (Wildman–Crippen MR) is 128 cm³/mol. The summed E-state index contributed by atoms with van der Waals surface area (Å²) in [4.78, 5) is 29.9. The molecule has 1 aliphatic heterocycles. The third-order valence-corrected chi connectivity index (χ3v) is 5.91. The van der Waals surface area contributed by atoms with Crippen molar-refractivity contribution in [3.63, 3.8) is 0 Å². The van der Waals surface area contributed by atoms with Crippen LogP contribution in [0.15, 0.2) is 48.0 Å². The lowest BCUT2D eigenvalue weighted by atomic mass is 9.94. The average Bonchev–Trinajstić information content (AvgIpc) is 3.08. The molecule has 0 saturated carbocycles. The highest BCUT2D eigenvalue weighted by atomic mass is 16.5. The number of aliphatic hydroxyl groups excluding tert-OH is 1. The van der Waals surface area contributed by atoms with Crippen LogP contribution in [0.25, 0.3) is 5.76 Å².